The van der Waals surface area contributed by atoms with Gasteiger partial charge in [-0.3, -0.25) is 9.59 Å². The zero-order valence-corrected chi connectivity index (χ0v) is 19.2. The highest BCUT2D eigenvalue weighted by atomic mass is 32.1. The number of hydrogen-bond donors (Lipinski definition) is 0. The summed E-state index contributed by atoms with van der Waals surface area (Å²) >= 11 is 1.68. The third-order valence-electron chi connectivity index (χ3n) is 4.72. The first-order valence-electron chi connectivity index (χ1n) is 10.4. The molecule has 2 rings (SSSR count). The molecule has 158 valence electrons. The Bertz CT molecular complexity index is 783. The van der Waals surface area contributed by atoms with Gasteiger partial charge in [-0.15, -0.1) is 11.3 Å². The molecule has 29 heavy (non-hydrogen) atoms. The van der Waals surface area contributed by atoms with E-state index in [-0.39, 0.29) is 24.3 Å². The molecule has 0 aliphatic heterocycles. The molecular formula is C24H34N2O2S. The van der Waals surface area contributed by atoms with E-state index in [1.54, 1.807) is 16.2 Å². The summed E-state index contributed by atoms with van der Waals surface area (Å²) in [5.41, 5.74) is 2.30. The number of benzene rings is 1. The van der Waals surface area contributed by atoms with Gasteiger partial charge in [-0.2, -0.15) is 0 Å². The fourth-order valence-corrected chi connectivity index (χ4v) is 4.13. The van der Waals surface area contributed by atoms with Crippen LogP contribution in [0.25, 0.3) is 0 Å². The lowest BCUT2D eigenvalue weighted by atomic mass is 10.1. The molecule has 0 aliphatic carbocycles. The normalized spacial score (nSPS) is 11.1. The van der Waals surface area contributed by atoms with Gasteiger partial charge in [0, 0.05) is 24.4 Å². The molecule has 2 amide bonds. The average molecular weight is 415 g/mol. The van der Waals surface area contributed by atoms with Crippen molar-refractivity contribution in [2.75, 3.05) is 13.1 Å². The Morgan fingerprint density at radius 2 is 1.59 bits per heavy atom. The SMILES string of the molecule is Cc1ccsc1CN(Cc1ccccc1)C(=O)CN(CC(C)C)C(=O)CC(C)C. The van der Waals surface area contributed by atoms with Gasteiger partial charge in [-0.1, -0.05) is 58.0 Å². The fraction of sp³-hybridized carbons (Fsp3) is 0.500. The van der Waals surface area contributed by atoms with Gasteiger partial charge in [0.15, 0.2) is 0 Å². The number of aryl methyl sites for hydroxylation is 1. The van der Waals surface area contributed by atoms with Crippen LogP contribution in [0.2, 0.25) is 0 Å². The molecule has 0 saturated carbocycles. The van der Waals surface area contributed by atoms with Gasteiger partial charge < -0.3 is 9.80 Å². The van der Waals surface area contributed by atoms with Crippen LogP contribution >= 0.6 is 11.3 Å². The summed E-state index contributed by atoms with van der Waals surface area (Å²) in [6.45, 7) is 12.2. The van der Waals surface area contributed by atoms with Crippen molar-refractivity contribution in [1.82, 2.24) is 9.80 Å². The van der Waals surface area contributed by atoms with Crippen molar-refractivity contribution in [2.45, 2.75) is 54.1 Å². The number of hydrogen-bond acceptors (Lipinski definition) is 3. The third kappa shape index (κ3) is 7.65. The van der Waals surface area contributed by atoms with E-state index < -0.39 is 0 Å². The topological polar surface area (TPSA) is 40.6 Å². The predicted molar refractivity (Wildman–Crippen MR) is 121 cm³/mol. The maximum Gasteiger partial charge on any atom is 0.242 e. The molecule has 0 aliphatic rings. The number of amides is 2. The predicted octanol–water partition coefficient (Wildman–Crippen LogP) is 5.12. The van der Waals surface area contributed by atoms with Gasteiger partial charge in [0.25, 0.3) is 0 Å². The van der Waals surface area contributed by atoms with E-state index in [0.717, 1.165) is 5.56 Å². The maximum absolute atomic E-state index is 13.3. The lowest BCUT2D eigenvalue weighted by Crippen LogP contribution is -2.44. The van der Waals surface area contributed by atoms with E-state index in [1.165, 1.54) is 10.4 Å². The van der Waals surface area contributed by atoms with E-state index in [4.69, 9.17) is 0 Å². The summed E-state index contributed by atoms with van der Waals surface area (Å²) in [6, 6.07) is 12.1. The standard InChI is InChI=1S/C24H34N2O2S/c1-18(2)13-23(27)25(14-19(3)4)17-24(28)26(15-21-9-7-6-8-10-21)16-22-20(5)11-12-29-22/h6-12,18-19H,13-17H2,1-5H3. The van der Waals surface area contributed by atoms with Gasteiger partial charge >= 0.3 is 0 Å². The van der Waals surface area contributed by atoms with Crippen molar-refractivity contribution in [1.29, 1.82) is 0 Å². The van der Waals surface area contributed by atoms with E-state index >= 15 is 0 Å². The molecule has 0 N–H and O–H groups in total. The molecule has 0 spiro atoms. The fourth-order valence-electron chi connectivity index (χ4n) is 3.21. The average Bonchev–Trinajstić information content (AvgIpc) is 3.05. The highest BCUT2D eigenvalue weighted by Gasteiger charge is 2.23. The van der Waals surface area contributed by atoms with Gasteiger partial charge in [-0.25, -0.2) is 0 Å². The highest BCUT2D eigenvalue weighted by Crippen LogP contribution is 2.20. The minimum atomic E-state index is -0.000547. The van der Waals surface area contributed by atoms with E-state index in [1.807, 2.05) is 49.1 Å². The van der Waals surface area contributed by atoms with Crippen LogP contribution < -0.4 is 0 Å². The van der Waals surface area contributed by atoms with Crippen LogP contribution in [0.5, 0.6) is 0 Å². The minimum absolute atomic E-state index is 0.000547. The molecule has 1 aromatic heterocycles. The summed E-state index contributed by atoms with van der Waals surface area (Å²) in [6.07, 6.45) is 0.475. The van der Waals surface area contributed by atoms with E-state index in [2.05, 4.69) is 32.2 Å². The Morgan fingerprint density at radius 3 is 2.14 bits per heavy atom. The van der Waals surface area contributed by atoms with Crippen molar-refractivity contribution in [3.8, 4) is 0 Å². The Hall–Kier alpha value is -2.14. The third-order valence-corrected chi connectivity index (χ3v) is 5.73. The number of carbonyl (C=O) groups is 2. The van der Waals surface area contributed by atoms with Crippen LogP contribution in [0.15, 0.2) is 41.8 Å². The lowest BCUT2D eigenvalue weighted by Gasteiger charge is -2.29. The second kappa shape index (κ2) is 11.1. The zero-order chi connectivity index (χ0) is 21.4. The van der Waals surface area contributed by atoms with Gasteiger partial charge in [0.2, 0.25) is 11.8 Å². The monoisotopic (exact) mass is 414 g/mol. The number of nitrogens with zero attached hydrogens (tertiary/aromatic N) is 2. The van der Waals surface area contributed by atoms with Crippen LogP contribution in [0.3, 0.4) is 0 Å². The molecule has 0 fully saturated rings. The molecule has 0 saturated heterocycles. The number of thiophene rings is 1. The first kappa shape index (κ1) is 23.1. The molecule has 1 heterocycles. The van der Waals surface area contributed by atoms with Crippen molar-refractivity contribution in [2.24, 2.45) is 11.8 Å². The molecule has 0 unspecified atom stereocenters. The Labute approximate surface area is 179 Å². The van der Waals surface area contributed by atoms with Crippen LogP contribution in [0.4, 0.5) is 0 Å². The zero-order valence-electron chi connectivity index (χ0n) is 18.4. The van der Waals surface area contributed by atoms with Gasteiger partial charge in [0.05, 0.1) is 13.1 Å². The van der Waals surface area contributed by atoms with Crippen LogP contribution in [-0.2, 0) is 22.7 Å². The van der Waals surface area contributed by atoms with Crippen LogP contribution in [0, 0.1) is 18.8 Å². The first-order chi connectivity index (χ1) is 13.8. The Morgan fingerprint density at radius 1 is 0.897 bits per heavy atom. The van der Waals surface area contributed by atoms with Gasteiger partial charge in [0.1, 0.15) is 0 Å². The molecule has 1 aromatic carbocycles. The first-order valence-corrected chi connectivity index (χ1v) is 11.3. The summed E-state index contributed by atoms with van der Waals surface area (Å²) < 4.78 is 0. The molecule has 5 heteroatoms. The second-order valence-corrected chi connectivity index (χ2v) is 9.53. The highest BCUT2D eigenvalue weighted by molar-refractivity contribution is 7.10. The molecular weight excluding hydrogens is 380 g/mol. The van der Waals surface area contributed by atoms with E-state index in [0.29, 0.717) is 32.0 Å². The lowest BCUT2D eigenvalue weighted by molar-refractivity contribution is -0.142. The molecule has 0 bridgehead atoms. The van der Waals surface area contributed by atoms with Crippen molar-refractivity contribution in [3.05, 3.63) is 57.8 Å². The maximum atomic E-state index is 13.3. The molecule has 0 radical (unpaired) electrons. The second-order valence-electron chi connectivity index (χ2n) is 8.53. The van der Waals surface area contributed by atoms with E-state index in [9.17, 15) is 9.59 Å². The molecule has 2 aromatic rings. The largest absolute Gasteiger partial charge is 0.333 e. The van der Waals surface area contributed by atoms with Crippen LogP contribution in [-0.4, -0.2) is 34.7 Å². The van der Waals surface area contributed by atoms with Crippen molar-refractivity contribution in [3.63, 3.8) is 0 Å². The summed E-state index contributed by atoms with van der Waals surface area (Å²) in [4.78, 5) is 30.9. The smallest absolute Gasteiger partial charge is 0.242 e. The molecule has 4 nitrogen and oxygen atoms in total. The molecule has 0 atom stereocenters. The minimum Gasteiger partial charge on any atom is -0.333 e. The summed E-state index contributed by atoms with van der Waals surface area (Å²) in [5.74, 6) is 0.663. The quantitative estimate of drug-likeness (QED) is 0.542. The number of carbonyl (C=O) groups excluding carboxylic acids is 2. The Kier molecular flexibility index (Phi) is 8.90. The van der Waals surface area contributed by atoms with Gasteiger partial charge in [-0.05, 0) is 41.3 Å². The summed E-state index contributed by atoms with van der Waals surface area (Å²) in [7, 11) is 0. The summed E-state index contributed by atoms with van der Waals surface area (Å²) in [5, 5.41) is 2.06. The van der Waals surface area contributed by atoms with Crippen molar-refractivity contribution >= 4 is 23.2 Å². The Balaban J connectivity index is 2.19. The number of rotatable bonds is 10. The van der Waals surface area contributed by atoms with Crippen molar-refractivity contribution < 1.29 is 9.59 Å². The van der Waals surface area contributed by atoms with Crippen LogP contribution in [0.1, 0.15) is 50.1 Å².